The van der Waals surface area contributed by atoms with E-state index in [4.69, 9.17) is 9.84 Å². The lowest BCUT2D eigenvalue weighted by molar-refractivity contribution is 0.213. The van der Waals surface area contributed by atoms with Gasteiger partial charge in [-0.05, 0) is 37.4 Å². The number of hydrogen-bond acceptors (Lipinski definition) is 3. The summed E-state index contributed by atoms with van der Waals surface area (Å²) < 4.78 is 5.84. The molecule has 0 spiro atoms. The maximum Gasteiger partial charge on any atom is 0.122 e. The number of nitrogens with one attached hydrogen (secondary N) is 1. The van der Waals surface area contributed by atoms with Gasteiger partial charge in [0, 0.05) is 6.04 Å². The van der Waals surface area contributed by atoms with E-state index in [2.05, 4.69) is 31.3 Å². The number of benzene rings is 1. The highest BCUT2D eigenvalue weighted by Gasteiger charge is 2.10. The molecule has 3 nitrogen and oxygen atoms in total. The fraction of sp³-hybridized carbons (Fsp3) is 0.600. The molecule has 0 bridgehead atoms. The van der Waals surface area contributed by atoms with Crippen molar-refractivity contribution in [3.63, 3.8) is 0 Å². The third-order valence-corrected chi connectivity index (χ3v) is 3.41. The predicted octanol–water partition coefficient (Wildman–Crippen LogP) is 2.55. The molecule has 0 radical (unpaired) electrons. The van der Waals surface area contributed by atoms with E-state index < -0.39 is 0 Å². The SMILES string of the molecule is CCC(C)c1ccccc1OCCC(CO)NC. The molecule has 0 saturated carbocycles. The van der Waals surface area contributed by atoms with Crippen LogP contribution in [0.3, 0.4) is 0 Å². The molecule has 0 amide bonds. The summed E-state index contributed by atoms with van der Waals surface area (Å²) in [6.45, 7) is 5.17. The molecular formula is C15H25NO2. The Morgan fingerprint density at radius 2 is 2.06 bits per heavy atom. The summed E-state index contributed by atoms with van der Waals surface area (Å²) >= 11 is 0. The van der Waals surface area contributed by atoms with E-state index in [0.717, 1.165) is 18.6 Å². The van der Waals surface area contributed by atoms with Crippen LogP contribution in [-0.4, -0.2) is 31.4 Å². The van der Waals surface area contributed by atoms with Gasteiger partial charge in [-0.3, -0.25) is 0 Å². The number of aliphatic hydroxyl groups is 1. The lowest BCUT2D eigenvalue weighted by atomic mass is 9.98. The van der Waals surface area contributed by atoms with Crippen molar-refractivity contribution in [2.45, 2.75) is 38.6 Å². The molecule has 2 unspecified atom stereocenters. The van der Waals surface area contributed by atoms with Gasteiger partial charge in [-0.15, -0.1) is 0 Å². The Balaban J connectivity index is 2.56. The van der Waals surface area contributed by atoms with Crippen molar-refractivity contribution < 1.29 is 9.84 Å². The Labute approximate surface area is 110 Å². The maximum absolute atomic E-state index is 9.09. The van der Waals surface area contributed by atoms with Crippen molar-refractivity contribution in [1.82, 2.24) is 5.32 Å². The average Bonchev–Trinajstić information content (AvgIpc) is 2.43. The first-order chi connectivity index (χ1) is 8.72. The minimum absolute atomic E-state index is 0.112. The van der Waals surface area contributed by atoms with Crippen LogP contribution >= 0.6 is 0 Å². The van der Waals surface area contributed by atoms with Crippen molar-refractivity contribution in [3.05, 3.63) is 29.8 Å². The first-order valence-corrected chi connectivity index (χ1v) is 6.72. The van der Waals surface area contributed by atoms with E-state index in [1.54, 1.807) is 0 Å². The molecule has 3 heteroatoms. The van der Waals surface area contributed by atoms with E-state index >= 15 is 0 Å². The van der Waals surface area contributed by atoms with Crippen LogP contribution in [0.5, 0.6) is 5.75 Å². The molecule has 0 fully saturated rings. The standard InChI is InChI=1S/C15H25NO2/c1-4-12(2)14-7-5-6-8-15(14)18-10-9-13(11-17)16-3/h5-8,12-13,16-17H,4,9-11H2,1-3H3. The molecule has 0 aromatic heterocycles. The Hall–Kier alpha value is -1.06. The highest BCUT2D eigenvalue weighted by molar-refractivity contribution is 5.35. The van der Waals surface area contributed by atoms with Crippen LogP contribution in [-0.2, 0) is 0 Å². The predicted molar refractivity (Wildman–Crippen MR) is 75.2 cm³/mol. The average molecular weight is 251 g/mol. The highest BCUT2D eigenvalue weighted by atomic mass is 16.5. The topological polar surface area (TPSA) is 41.5 Å². The molecule has 0 aliphatic rings. The van der Waals surface area contributed by atoms with Gasteiger partial charge < -0.3 is 15.2 Å². The zero-order valence-electron chi connectivity index (χ0n) is 11.6. The second kappa shape index (κ2) is 8.11. The van der Waals surface area contributed by atoms with Gasteiger partial charge in [-0.1, -0.05) is 32.0 Å². The van der Waals surface area contributed by atoms with Crippen molar-refractivity contribution in [2.75, 3.05) is 20.3 Å². The molecular weight excluding hydrogens is 226 g/mol. The molecule has 102 valence electrons. The molecule has 0 heterocycles. The minimum Gasteiger partial charge on any atom is -0.493 e. The number of para-hydroxylation sites is 1. The molecule has 0 aliphatic carbocycles. The number of rotatable bonds is 8. The zero-order valence-corrected chi connectivity index (χ0v) is 11.6. The van der Waals surface area contributed by atoms with Gasteiger partial charge in [0.15, 0.2) is 0 Å². The molecule has 0 saturated heterocycles. The normalized spacial score (nSPS) is 14.2. The van der Waals surface area contributed by atoms with Gasteiger partial charge in [0.05, 0.1) is 13.2 Å². The lowest BCUT2D eigenvalue weighted by Gasteiger charge is -2.17. The van der Waals surface area contributed by atoms with Crippen LogP contribution in [0.15, 0.2) is 24.3 Å². The number of aliphatic hydroxyl groups excluding tert-OH is 1. The molecule has 18 heavy (non-hydrogen) atoms. The first-order valence-electron chi connectivity index (χ1n) is 6.72. The van der Waals surface area contributed by atoms with Crippen molar-refractivity contribution >= 4 is 0 Å². The Kier molecular flexibility index (Phi) is 6.76. The molecule has 1 aromatic carbocycles. The summed E-state index contributed by atoms with van der Waals surface area (Å²) in [4.78, 5) is 0. The van der Waals surface area contributed by atoms with Crippen LogP contribution < -0.4 is 10.1 Å². The van der Waals surface area contributed by atoms with Gasteiger partial charge in [0.25, 0.3) is 0 Å². The van der Waals surface area contributed by atoms with Crippen LogP contribution in [0, 0.1) is 0 Å². The minimum atomic E-state index is 0.112. The summed E-state index contributed by atoms with van der Waals surface area (Å²) in [7, 11) is 1.86. The van der Waals surface area contributed by atoms with E-state index in [-0.39, 0.29) is 12.6 Å². The number of likely N-dealkylation sites (N-methyl/N-ethyl adjacent to an activating group) is 1. The summed E-state index contributed by atoms with van der Waals surface area (Å²) in [5, 5.41) is 12.1. The lowest BCUT2D eigenvalue weighted by Crippen LogP contribution is -2.30. The second-order valence-corrected chi connectivity index (χ2v) is 4.65. The van der Waals surface area contributed by atoms with Gasteiger partial charge in [-0.2, -0.15) is 0 Å². The van der Waals surface area contributed by atoms with Gasteiger partial charge in [0.1, 0.15) is 5.75 Å². The van der Waals surface area contributed by atoms with Crippen LogP contribution in [0.25, 0.3) is 0 Å². The maximum atomic E-state index is 9.09. The highest BCUT2D eigenvalue weighted by Crippen LogP contribution is 2.28. The molecule has 1 aromatic rings. The van der Waals surface area contributed by atoms with E-state index in [1.165, 1.54) is 5.56 Å². The Morgan fingerprint density at radius 1 is 1.33 bits per heavy atom. The molecule has 2 atom stereocenters. The van der Waals surface area contributed by atoms with Gasteiger partial charge in [0.2, 0.25) is 0 Å². The third kappa shape index (κ3) is 4.31. The van der Waals surface area contributed by atoms with Gasteiger partial charge in [-0.25, -0.2) is 0 Å². The Morgan fingerprint density at radius 3 is 2.67 bits per heavy atom. The fourth-order valence-corrected chi connectivity index (χ4v) is 1.88. The summed E-state index contributed by atoms with van der Waals surface area (Å²) in [5.74, 6) is 1.48. The van der Waals surface area contributed by atoms with Gasteiger partial charge >= 0.3 is 0 Å². The van der Waals surface area contributed by atoms with Crippen molar-refractivity contribution in [3.8, 4) is 5.75 Å². The van der Waals surface area contributed by atoms with E-state index in [1.807, 2.05) is 19.2 Å². The number of hydrogen-bond donors (Lipinski definition) is 2. The smallest absolute Gasteiger partial charge is 0.122 e. The zero-order chi connectivity index (χ0) is 13.4. The Bertz CT molecular complexity index is 337. The van der Waals surface area contributed by atoms with E-state index in [9.17, 15) is 0 Å². The van der Waals surface area contributed by atoms with Crippen LogP contribution in [0.1, 0.15) is 38.2 Å². The third-order valence-electron chi connectivity index (χ3n) is 3.41. The monoisotopic (exact) mass is 251 g/mol. The number of ether oxygens (including phenoxy) is 1. The van der Waals surface area contributed by atoms with Crippen LogP contribution in [0.4, 0.5) is 0 Å². The fourth-order valence-electron chi connectivity index (χ4n) is 1.88. The van der Waals surface area contributed by atoms with Crippen molar-refractivity contribution in [1.29, 1.82) is 0 Å². The largest absolute Gasteiger partial charge is 0.493 e. The quantitative estimate of drug-likeness (QED) is 0.746. The van der Waals surface area contributed by atoms with Crippen LogP contribution in [0.2, 0.25) is 0 Å². The molecule has 1 rings (SSSR count). The van der Waals surface area contributed by atoms with Crippen molar-refractivity contribution in [2.24, 2.45) is 0 Å². The summed E-state index contributed by atoms with van der Waals surface area (Å²) in [6.07, 6.45) is 1.91. The summed E-state index contributed by atoms with van der Waals surface area (Å²) in [6, 6.07) is 8.32. The first kappa shape index (κ1) is 15.0. The summed E-state index contributed by atoms with van der Waals surface area (Å²) in [5.41, 5.74) is 1.27. The second-order valence-electron chi connectivity index (χ2n) is 4.65. The molecule has 0 aliphatic heterocycles. The van der Waals surface area contributed by atoms with E-state index in [0.29, 0.717) is 12.5 Å². The molecule has 2 N–H and O–H groups in total.